The number of guanidine groups is 1. The van der Waals surface area contributed by atoms with Gasteiger partial charge in [-0.15, -0.1) is 0 Å². The van der Waals surface area contributed by atoms with Gasteiger partial charge in [0.05, 0.1) is 12.3 Å². The van der Waals surface area contributed by atoms with Crippen LogP contribution >= 0.6 is 0 Å². The van der Waals surface area contributed by atoms with Crippen LogP contribution in [0.25, 0.3) is 0 Å². The minimum atomic E-state index is -0.558. The van der Waals surface area contributed by atoms with E-state index >= 15 is 0 Å². The number of nitrogen functional groups attached to an aromatic ring is 2. The van der Waals surface area contributed by atoms with Crippen molar-refractivity contribution in [3.05, 3.63) is 46.5 Å². The third kappa shape index (κ3) is 4.21. The van der Waals surface area contributed by atoms with Gasteiger partial charge in [-0.05, 0) is 17.5 Å². The number of nitrogens with one attached hydrogen (secondary N) is 2. The number of aromatic nitrogens is 1. The van der Waals surface area contributed by atoms with E-state index in [2.05, 4.69) is 27.5 Å². The zero-order valence-corrected chi connectivity index (χ0v) is 16.1. The number of benzene rings is 1. The average molecular weight is 390 g/mol. The third-order valence-electron chi connectivity index (χ3n) is 4.54. The van der Waals surface area contributed by atoms with Gasteiger partial charge >= 0.3 is 0 Å². The zero-order chi connectivity index (χ0) is 20.8. The molecular weight excluding hydrogens is 368 g/mol. The predicted octanol–water partition coefficient (Wildman–Crippen LogP) is 2.38. The Hall–Kier alpha value is -3.82. The summed E-state index contributed by atoms with van der Waals surface area (Å²) in [7, 11) is 0. The van der Waals surface area contributed by atoms with E-state index in [1.807, 2.05) is 36.5 Å². The quantitative estimate of drug-likeness (QED) is 0.332. The van der Waals surface area contributed by atoms with E-state index in [9.17, 15) is 5.26 Å². The van der Waals surface area contributed by atoms with Crippen molar-refractivity contribution in [3.8, 4) is 12.3 Å². The van der Waals surface area contributed by atoms with E-state index in [1.54, 1.807) is 0 Å². The second-order valence-corrected chi connectivity index (χ2v) is 6.55. The van der Waals surface area contributed by atoms with Gasteiger partial charge in [0.15, 0.2) is 6.19 Å². The van der Waals surface area contributed by atoms with Gasteiger partial charge in [-0.2, -0.15) is 10.5 Å². The van der Waals surface area contributed by atoms with Crippen molar-refractivity contribution in [1.82, 2.24) is 10.3 Å². The molecule has 0 aliphatic carbocycles. The molecule has 0 radical (unpaired) electrons. The molecule has 0 fully saturated rings. The molecule has 9 heteroatoms. The Morgan fingerprint density at radius 3 is 2.86 bits per heavy atom. The molecule has 1 aliphatic heterocycles. The summed E-state index contributed by atoms with van der Waals surface area (Å²) in [4.78, 5) is 8.82. The van der Waals surface area contributed by atoms with Crippen LogP contribution in [0.2, 0.25) is 0 Å². The Kier molecular flexibility index (Phi) is 6.12. The molecule has 0 saturated heterocycles. The summed E-state index contributed by atoms with van der Waals surface area (Å²) in [6, 6.07) is 9.20. The van der Waals surface area contributed by atoms with Gasteiger partial charge in [0.2, 0.25) is 5.96 Å². The van der Waals surface area contributed by atoms with Gasteiger partial charge in [-0.1, -0.05) is 37.6 Å². The van der Waals surface area contributed by atoms with Gasteiger partial charge in [0.1, 0.15) is 29.3 Å². The molecule has 9 nitrogen and oxygen atoms in total. The van der Waals surface area contributed by atoms with Crippen LogP contribution in [0.4, 0.5) is 17.3 Å². The van der Waals surface area contributed by atoms with E-state index in [4.69, 9.17) is 21.5 Å². The van der Waals surface area contributed by atoms with Gasteiger partial charge in [0.25, 0.3) is 0 Å². The Balaban J connectivity index is 2.02. The number of anilines is 3. The van der Waals surface area contributed by atoms with Gasteiger partial charge in [-0.25, -0.2) is 9.98 Å². The van der Waals surface area contributed by atoms with Crippen LogP contribution in [-0.4, -0.2) is 17.6 Å². The molecule has 0 bridgehead atoms. The standard InChI is InChI=1S/C20H22N8O/c1-2-3-7-29-10-12-5-4-6-13(8-12)17-15-16(23)14(9-21)18(24)27-19(15)28-20(26-17)25-11-22/h4-6,8,17H,2-3,7,10H2,1H3,(H6,23,24,25,26,27,28). The zero-order valence-electron chi connectivity index (χ0n) is 16.1. The molecule has 0 spiro atoms. The molecule has 0 amide bonds. The Bertz CT molecular complexity index is 1020. The predicted molar refractivity (Wildman–Crippen MR) is 110 cm³/mol. The molecule has 1 aliphatic rings. The highest BCUT2D eigenvalue weighted by Gasteiger charge is 2.29. The number of pyridine rings is 1. The summed E-state index contributed by atoms with van der Waals surface area (Å²) in [6.07, 6.45) is 3.92. The van der Waals surface area contributed by atoms with Crippen LogP contribution in [0.3, 0.4) is 0 Å². The lowest BCUT2D eigenvalue weighted by molar-refractivity contribution is 0.118. The second-order valence-electron chi connectivity index (χ2n) is 6.55. The number of hydrogen-bond donors (Lipinski definition) is 4. The Labute approximate surface area is 169 Å². The molecule has 1 aromatic carbocycles. The van der Waals surface area contributed by atoms with Crippen molar-refractivity contribution in [2.24, 2.45) is 4.99 Å². The number of nitriles is 2. The minimum absolute atomic E-state index is 0.0197. The summed E-state index contributed by atoms with van der Waals surface area (Å²) in [6.45, 7) is 3.30. The summed E-state index contributed by atoms with van der Waals surface area (Å²) in [5.74, 6) is 0.609. The topological polar surface area (TPSA) is 158 Å². The van der Waals surface area contributed by atoms with Gasteiger partial charge in [0, 0.05) is 12.2 Å². The second kappa shape index (κ2) is 8.91. The van der Waals surface area contributed by atoms with Crippen molar-refractivity contribution in [1.29, 1.82) is 10.5 Å². The molecular formula is C20H22N8O. The number of hydrogen-bond acceptors (Lipinski definition) is 9. The normalized spacial score (nSPS) is 14.7. The number of nitrogens with two attached hydrogens (primary N) is 2. The first-order valence-corrected chi connectivity index (χ1v) is 9.24. The fraction of sp³-hybridized carbons (Fsp3) is 0.300. The molecule has 2 aromatic rings. The van der Waals surface area contributed by atoms with E-state index in [-0.39, 0.29) is 23.0 Å². The maximum absolute atomic E-state index is 9.40. The van der Waals surface area contributed by atoms with Crippen molar-refractivity contribution < 1.29 is 4.74 Å². The first-order chi connectivity index (χ1) is 14.1. The van der Waals surface area contributed by atoms with Crippen molar-refractivity contribution in [3.63, 3.8) is 0 Å². The van der Waals surface area contributed by atoms with Gasteiger partial charge < -0.3 is 21.5 Å². The molecule has 6 N–H and O–H groups in total. The fourth-order valence-electron chi connectivity index (χ4n) is 3.11. The maximum atomic E-state index is 9.40. The highest BCUT2D eigenvalue weighted by molar-refractivity contribution is 5.98. The maximum Gasteiger partial charge on any atom is 0.211 e. The minimum Gasteiger partial charge on any atom is -0.397 e. The van der Waals surface area contributed by atoms with Crippen LogP contribution < -0.4 is 22.1 Å². The highest BCUT2D eigenvalue weighted by Crippen LogP contribution is 2.40. The Morgan fingerprint density at radius 2 is 2.14 bits per heavy atom. The van der Waals surface area contributed by atoms with Crippen LogP contribution in [0.5, 0.6) is 0 Å². The first kappa shape index (κ1) is 19.9. The third-order valence-corrected chi connectivity index (χ3v) is 4.54. The molecule has 29 heavy (non-hydrogen) atoms. The smallest absolute Gasteiger partial charge is 0.211 e. The number of nitrogens with zero attached hydrogens (tertiary/aromatic N) is 4. The molecule has 3 rings (SSSR count). The average Bonchev–Trinajstić information content (AvgIpc) is 2.71. The molecule has 1 unspecified atom stereocenters. The summed E-state index contributed by atoms with van der Waals surface area (Å²) in [5.41, 5.74) is 14.8. The fourth-order valence-corrected chi connectivity index (χ4v) is 3.11. The lowest BCUT2D eigenvalue weighted by Gasteiger charge is -2.26. The largest absolute Gasteiger partial charge is 0.397 e. The lowest BCUT2D eigenvalue weighted by atomic mass is 9.94. The molecule has 0 saturated carbocycles. The number of unbranched alkanes of at least 4 members (excludes halogenated alkanes) is 1. The number of fused-ring (bicyclic) bond motifs is 1. The van der Waals surface area contributed by atoms with Crippen LogP contribution in [0, 0.1) is 22.8 Å². The summed E-state index contributed by atoms with van der Waals surface area (Å²) < 4.78 is 5.71. The van der Waals surface area contributed by atoms with E-state index in [0.717, 1.165) is 24.0 Å². The van der Waals surface area contributed by atoms with Crippen LogP contribution in [0.1, 0.15) is 48.1 Å². The van der Waals surface area contributed by atoms with E-state index in [1.165, 1.54) is 0 Å². The molecule has 148 valence electrons. The lowest BCUT2D eigenvalue weighted by Crippen LogP contribution is -2.32. The summed E-state index contributed by atoms with van der Waals surface area (Å²) in [5, 5.41) is 23.8. The molecule has 1 aromatic heterocycles. The number of ether oxygens (including phenoxy) is 1. The SMILES string of the molecule is CCCCOCc1cccc(C2N=C(NC#N)Nc3nc(N)c(C#N)c(N)c32)c1. The highest BCUT2D eigenvalue weighted by atomic mass is 16.5. The van der Waals surface area contributed by atoms with E-state index in [0.29, 0.717) is 24.6 Å². The van der Waals surface area contributed by atoms with Crippen molar-refractivity contribution in [2.75, 3.05) is 23.4 Å². The first-order valence-electron chi connectivity index (χ1n) is 9.24. The van der Waals surface area contributed by atoms with Crippen LogP contribution in [0.15, 0.2) is 29.3 Å². The molecule has 1 atom stereocenters. The van der Waals surface area contributed by atoms with Crippen molar-refractivity contribution in [2.45, 2.75) is 32.4 Å². The number of aliphatic imine (C=N–C) groups is 1. The monoisotopic (exact) mass is 390 g/mol. The van der Waals surface area contributed by atoms with E-state index < -0.39 is 6.04 Å². The van der Waals surface area contributed by atoms with Crippen molar-refractivity contribution >= 4 is 23.3 Å². The van der Waals surface area contributed by atoms with Gasteiger partial charge in [-0.3, -0.25) is 5.32 Å². The molecule has 2 heterocycles. The number of rotatable bonds is 6. The Morgan fingerprint density at radius 1 is 1.31 bits per heavy atom. The van der Waals surface area contributed by atoms with Crippen LogP contribution in [-0.2, 0) is 11.3 Å². The summed E-state index contributed by atoms with van der Waals surface area (Å²) >= 11 is 0.